The molecule has 146 valence electrons. The van der Waals surface area contributed by atoms with E-state index in [1.165, 1.54) is 12.8 Å². The van der Waals surface area contributed by atoms with Gasteiger partial charge < -0.3 is 9.47 Å². The second kappa shape index (κ2) is 6.57. The van der Waals surface area contributed by atoms with Crippen molar-refractivity contribution < 1.29 is 19.1 Å². The maximum absolute atomic E-state index is 12.1. The van der Waals surface area contributed by atoms with Gasteiger partial charge in [-0.15, -0.1) is 11.3 Å². The van der Waals surface area contributed by atoms with Gasteiger partial charge in [0.1, 0.15) is 16.2 Å². The minimum atomic E-state index is -0.342. The molecular weight excluding hydrogens is 362 g/mol. The van der Waals surface area contributed by atoms with Gasteiger partial charge in [0.15, 0.2) is 0 Å². The fourth-order valence-electron chi connectivity index (χ4n) is 5.89. The molecule has 0 radical (unpaired) electrons. The summed E-state index contributed by atoms with van der Waals surface area (Å²) in [6, 6.07) is 0. The second-order valence-electron chi connectivity index (χ2n) is 8.82. The van der Waals surface area contributed by atoms with Crippen LogP contribution in [-0.4, -0.2) is 28.1 Å². The van der Waals surface area contributed by atoms with E-state index in [1.54, 1.807) is 11.3 Å². The van der Waals surface area contributed by atoms with E-state index in [9.17, 15) is 9.59 Å². The molecule has 2 spiro atoms. The minimum Gasteiger partial charge on any atom is -0.458 e. The van der Waals surface area contributed by atoms with Crippen LogP contribution in [0.1, 0.15) is 99.6 Å². The Labute approximate surface area is 163 Å². The van der Waals surface area contributed by atoms with Gasteiger partial charge in [-0.1, -0.05) is 12.8 Å². The predicted molar refractivity (Wildman–Crippen MR) is 101 cm³/mol. The molecule has 5 nitrogen and oxygen atoms in total. The molecule has 0 N–H and O–H groups in total. The number of aromatic nitrogens is 1. The summed E-state index contributed by atoms with van der Waals surface area (Å²) in [6.07, 6.45) is 11.6. The molecule has 3 heterocycles. The molecule has 4 aliphatic rings. The number of rotatable bonds is 2. The lowest BCUT2D eigenvalue weighted by Crippen LogP contribution is -2.37. The van der Waals surface area contributed by atoms with Crippen LogP contribution in [0.4, 0.5) is 0 Å². The molecule has 1 aromatic heterocycles. The van der Waals surface area contributed by atoms with Crippen LogP contribution in [0.15, 0.2) is 5.38 Å². The number of carbonyl (C=O) groups excluding carboxylic acids is 2. The highest BCUT2D eigenvalue weighted by Crippen LogP contribution is 2.52. The Kier molecular flexibility index (Phi) is 4.30. The zero-order valence-corrected chi connectivity index (χ0v) is 16.5. The van der Waals surface area contributed by atoms with Gasteiger partial charge in [0, 0.05) is 5.38 Å². The van der Waals surface area contributed by atoms with E-state index >= 15 is 0 Å². The average molecular weight is 390 g/mol. The third-order valence-electron chi connectivity index (χ3n) is 7.24. The zero-order chi connectivity index (χ0) is 18.5. The normalized spacial score (nSPS) is 32.0. The first-order chi connectivity index (χ1) is 13.1. The van der Waals surface area contributed by atoms with Gasteiger partial charge in [0.2, 0.25) is 0 Å². The Morgan fingerprint density at radius 3 is 1.93 bits per heavy atom. The van der Waals surface area contributed by atoms with Gasteiger partial charge in [-0.3, -0.25) is 9.59 Å². The Morgan fingerprint density at radius 1 is 0.815 bits per heavy atom. The Hall–Kier alpha value is -1.43. The lowest BCUT2D eigenvalue weighted by molar-refractivity contribution is -0.152. The fraction of sp³-hybridized carbons (Fsp3) is 0.762. The first-order valence-corrected chi connectivity index (χ1v) is 11.4. The van der Waals surface area contributed by atoms with Crippen LogP contribution < -0.4 is 0 Å². The predicted octanol–water partition coefficient (Wildman–Crippen LogP) is 4.61. The second-order valence-corrected chi connectivity index (χ2v) is 9.71. The molecule has 6 heteroatoms. The van der Waals surface area contributed by atoms with Gasteiger partial charge in [0.05, 0.1) is 30.4 Å². The van der Waals surface area contributed by atoms with Crippen molar-refractivity contribution in [2.45, 2.75) is 100 Å². The van der Waals surface area contributed by atoms with E-state index in [0.29, 0.717) is 12.8 Å². The lowest BCUT2D eigenvalue weighted by Gasteiger charge is -2.36. The van der Waals surface area contributed by atoms with Crippen molar-refractivity contribution in [3.05, 3.63) is 16.1 Å². The maximum Gasteiger partial charge on any atom is 0.307 e. The maximum atomic E-state index is 12.1. The molecule has 27 heavy (non-hydrogen) atoms. The Balaban J connectivity index is 1.44. The number of esters is 2. The molecule has 2 atom stereocenters. The number of nitrogens with zero attached hydrogens (tertiary/aromatic N) is 1. The lowest BCUT2D eigenvalue weighted by atomic mass is 9.74. The highest BCUT2D eigenvalue weighted by molar-refractivity contribution is 7.09. The van der Waals surface area contributed by atoms with E-state index in [0.717, 1.165) is 62.1 Å². The van der Waals surface area contributed by atoms with Crippen LogP contribution in [0, 0.1) is 0 Å². The summed E-state index contributed by atoms with van der Waals surface area (Å²) in [5.74, 6) is -0.0265. The first kappa shape index (κ1) is 17.7. The molecular formula is C21H27NO4S. The molecule has 0 bridgehead atoms. The van der Waals surface area contributed by atoms with Crippen molar-refractivity contribution in [1.82, 2.24) is 4.98 Å². The van der Waals surface area contributed by atoms with Crippen molar-refractivity contribution in [3.63, 3.8) is 0 Å². The summed E-state index contributed by atoms with van der Waals surface area (Å²) in [7, 11) is 0. The summed E-state index contributed by atoms with van der Waals surface area (Å²) < 4.78 is 11.7. The van der Waals surface area contributed by atoms with Gasteiger partial charge in [0.25, 0.3) is 0 Å². The van der Waals surface area contributed by atoms with Crippen LogP contribution in [0.25, 0.3) is 0 Å². The third-order valence-corrected chi connectivity index (χ3v) is 8.22. The number of ether oxygens (including phenoxy) is 2. The summed E-state index contributed by atoms with van der Waals surface area (Å²) >= 11 is 1.64. The summed E-state index contributed by atoms with van der Waals surface area (Å²) in [5, 5.41) is 3.13. The highest BCUT2D eigenvalue weighted by Gasteiger charge is 2.53. The van der Waals surface area contributed by atoms with Crippen molar-refractivity contribution in [2.24, 2.45) is 0 Å². The van der Waals surface area contributed by atoms with Crippen LogP contribution >= 0.6 is 11.3 Å². The summed E-state index contributed by atoms with van der Waals surface area (Å²) in [4.78, 5) is 29.3. The van der Waals surface area contributed by atoms with E-state index in [-0.39, 0.29) is 35.0 Å². The van der Waals surface area contributed by atoms with Crippen LogP contribution in [0.3, 0.4) is 0 Å². The highest BCUT2D eigenvalue weighted by atomic mass is 32.1. The zero-order valence-electron chi connectivity index (χ0n) is 15.7. The van der Waals surface area contributed by atoms with Gasteiger partial charge in [-0.2, -0.15) is 0 Å². The molecule has 4 fully saturated rings. The SMILES string of the molecule is O=C1C[C@H](c2csc([C@H]3CC(=O)OC34CCCCC4)n2)C2(CCCCC2)O1. The van der Waals surface area contributed by atoms with Crippen molar-refractivity contribution in [2.75, 3.05) is 0 Å². The fourth-order valence-corrected chi connectivity index (χ4v) is 6.97. The molecule has 0 unspecified atom stereocenters. The van der Waals surface area contributed by atoms with Gasteiger partial charge >= 0.3 is 11.9 Å². The van der Waals surface area contributed by atoms with Crippen LogP contribution in [0.5, 0.6) is 0 Å². The van der Waals surface area contributed by atoms with E-state index in [4.69, 9.17) is 14.5 Å². The number of hydrogen-bond acceptors (Lipinski definition) is 6. The molecule has 5 rings (SSSR count). The van der Waals surface area contributed by atoms with E-state index in [1.807, 2.05) is 0 Å². The third kappa shape index (κ3) is 2.91. The number of hydrogen-bond donors (Lipinski definition) is 0. The van der Waals surface area contributed by atoms with Crippen LogP contribution in [0.2, 0.25) is 0 Å². The molecule has 1 aromatic rings. The molecule has 2 saturated heterocycles. The summed E-state index contributed by atoms with van der Waals surface area (Å²) in [6.45, 7) is 0. The van der Waals surface area contributed by atoms with E-state index < -0.39 is 0 Å². The van der Waals surface area contributed by atoms with Crippen molar-refractivity contribution in [1.29, 1.82) is 0 Å². The van der Waals surface area contributed by atoms with Gasteiger partial charge in [-0.05, 0) is 51.4 Å². The smallest absolute Gasteiger partial charge is 0.307 e. The number of thiazole rings is 1. The quantitative estimate of drug-likeness (QED) is 0.691. The minimum absolute atomic E-state index is 0.0654. The Bertz CT molecular complexity index is 685. The molecule has 2 aliphatic carbocycles. The molecule has 2 aliphatic heterocycles. The van der Waals surface area contributed by atoms with Crippen molar-refractivity contribution >= 4 is 23.3 Å². The molecule has 0 amide bonds. The molecule has 2 saturated carbocycles. The van der Waals surface area contributed by atoms with Crippen LogP contribution in [-0.2, 0) is 19.1 Å². The monoisotopic (exact) mass is 389 g/mol. The number of carbonyl (C=O) groups is 2. The van der Waals surface area contributed by atoms with Gasteiger partial charge in [-0.25, -0.2) is 4.98 Å². The standard InChI is InChI=1S/C21H27NO4S/c23-17-11-14(20(25-17)7-3-1-4-8-20)16-13-27-19(22-16)15-12-18(24)26-21(15)9-5-2-6-10-21/h13-15H,1-12H2/t14-,15-/m1/s1. The van der Waals surface area contributed by atoms with Crippen molar-refractivity contribution in [3.8, 4) is 0 Å². The topological polar surface area (TPSA) is 65.5 Å². The molecule has 0 aromatic carbocycles. The van der Waals surface area contributed by atoms with E-state index in [2.05, 4.69) is 5.38 Å². The first-order valence-electron chi connectivity index (χ1n) is 10.5. The Morgan fingerprint density at radius 2 is 1.33 bits per heavy atom. The summed E-state index contributed by atoms with van der Waals surface area (Å²) in [5.41, 5.74) is 0.313. The average Bonchev–Trinajstić information content (AvgIpc) is 3.33. The largest absolute Gasteiger partial charge is 0.458 e.